The van der Waals surface area contributed by atoms with E-state index in [2.05, 4.69) is 46.3 Å². The van der Waals surface area contributed by atoms with E-state index in [1.54, 1.807) is 11.8 Å². The Balaban J connectivity index is 1.60. The Morgan fingerprint density at radius 2 is 1.80 bits per heavy atom. The molecule has 0 N–H and O–H groups in total. The first-order valence-corrected chi connectivity index (χ1v) is 9.48. The van der Waals surface area contributed by atoms with Crippen LogP contribution in [-0.2, 0) is 6.54 Å². The van der Waals surface area contributed by atoms with Gasteiger partial charge in [-0.25, -0.2) is 0 Å². The predicted octanol–water partition coefficient (Wildman–Crippen LogP) is 4.38. The number of hydrogen-bond acceptors (Lipinski definition) is 2. The molecule has 1 amide bonds. The molecule has 1 heterocycles. The van der Waals surface area contributed by atoms with Gasteiger partial charge in [0.1, 0.15) is 0 Å². The predicted molar refractivity (Wildman–Crippen MR) is 104 cm³/mol. The van der Waals surface area contributed by atoms with Crippen LogP contribution in [0, 0.1) is 5.92 Å². The maximum absolute atomic E-state index is 12.6. The van der Waals surface area contributed by atoms with E-state index < -0.39 is 0 Å². The van der Waals surface area contributed by atoms with Crippen LogP contribution in [0.4, 0.5) is 0 Å². The van der Waals surface area contributed by atoms with Gasteiger partial charge in [0.25, 0.3) is 5.91 Å². The summed E-state index contributed by atoms with van der Waals surface area (Å²) in [5.41, 5.74) is 1.88. The van der Waals surface area contributed by atoms with Gasteiger partial charge in [-0.05, 0) is 30.0 Å². The van der Waals surface area contributed by atoms with Crippen molar-refractivity contribution in [1.29, 1.82) is 0 Å². The number of fused-ring (bicyclic) bond motifs is 1. The number of thioether (sulfide) groups is 1. The SMILES string of the molecule is O=C(N=C1S[C@H]2C=CC[C@H]2CN1Cc1ccccc1)c1ccccc1. The molecular formula is C21H20N2OS. The normalized spacial score (nSPS) is 23.7. The van der Waals surface area contributed by atoms with Gasteiger partial charge in [0.05, 0.1) is 0 Å². The Bertz CT molecular complexity index is 801. The second-order valence-electron chi connectivity index (χ2n) is 6.44. The first-order valence-electron chi connectivity index (χ1n) is 8.60. The fourth-order valence-corrected chi connectivity index (χ4v) is 4.56. The van der Waals surface area contributed by atoms with Crippen LogP contribution < -0.4 is 0 Å². The number of amides is 1. The number of hydrogen-bond donors (Lipinski definition) is 0. The Morgan fingerprint density at radius 3 is 2.56 bits per heavy atom. The molecule has 0 radical (unpaired) electrons. The minimum atomic E-state index is -0.165. The van der Waals surface area contributed by atoms with E-state index in [1.165, 1.54) is 5.56 Å². The Kier molecular flexibility index (Phi) is 4.70. The summed E-state index contributed by atoms with van der Waals surface area (Å²) in [4.78, 5) is 19.3. The highest BCUT2D eigenvalue weighted by molar-refractivity contribution is 8.14. The van der Waals surface area contributed by atoms with Crippen LogP contribution in [0.25, 0.3) is 0 Å². The molecule has 0 bridgehead atoms. The van der Waals surface area contributed by atoms with Crippen LogP contribution in [0.5, 0.6) is 0 Å². The molecule has 4 rings (SSSR count). The van der Waals surface area contributed by atoms with E-state index in [0.29, 0.717) is 16.7 Å². The largest absolute Gasteiger partial charge is 0.346 e. The van der Waals surface area contributed by atoms with Crippen molar-refractivity contribution in [2.45, 2.75) is 18.2 Å². The molecule has 0 saturated carbocycles. The molecule has 1 fully saturated rings. The number of carbonyl (C=O) groups is 1. The van der Waals surface area contributed by atoms with Crippen LogP contribution in [0.3, 0.4) is 0 Å². The maximum Gasteiger partial charge on any atom is 0.279 e. The summed E-state index contributed by atoms with van der Waals surface area (Å²) in [6.07, 6.45) is 5.63. The van der Waals surface area contributed by atoms with Gasteiger partial charge < -0.3 is 4.90 Å². The molecule has 3 nitrogen and oxygen atoms in total. The van der Waals surface area contributed by atoms with E-state index >= 15 is 0 Å². The maximum atomic E-state index is 12.6. The molecule has 25 heavy (non-hydrogen) atoms. The third-order valence-electron chi connectivity index (χ3n) is 4.63. The van der Waals surface area contributed by atoms with Crippen molar-refractivity contribution in [2.75, 3.05) is 6.54 Å². The number of allylic oxidation sites excluding steroid dienone is 1. The van der Waals surface area contributed by atoms with Gasteiger partial charge in [-0.15, -0.1) is 0 Å². The number of aliphatic imine (C=N–C) groups is 1. The van der Waals surface area contributed by atoms with Crippen molar-refractivity contribution < 1.29 is 4.79 Å². The molecule has 0 unspecified atom stereocenters. The topological polar surface area (TPSA) is 32.7 Å². The van der Waals surface area contributed by atoms with Gasteiger partial charge >= 0.3 is 0 Å². The lowest BCUT2D eigenvalue weighted by Crippen LogP contribution is -2.41. The van der Waals surface area contributed by atoms with Gasteiger partial charge in [0, 0.05) is 23.9 Å². The molecular weight excluding hydrogens is 328 g/mol. The van der Waals surface area contributed by atoms with Crippen molar-refractivity contribution in [2.24, 2.45) is 10.9 Å². The molecule has 2 atom stereocenters. The number of rotatable bonds is 3. The van der Waals surface area contributed by atoms with E-state index in [0.717, 1.165) is 24.7 Å². The van der Waals surface area contributed by atoms with Crippen molar-refractivity contribution in [3.8, 4) is 0 Å². The summed E-state index contributed by atoms with van der Waals surface area (Å²) in [5, 5.41) is 1.28. The van der Waals surface area contributed by atoms with Gasteiger partial charge in [-0.2, -0.15) is 4.99 Å². The van der Waals surface area contributed by atoms with E-state index in [-0.39, 0.29) is 5.91 Å². The van der Waals surface area contributed by atoms with E-state index in [4.69, 9.17) is 0 Å². The van der Waals surface area contributed by atoms with Gasteiger partial charge in [0.15, 0.2) is 5.17 Å². The van der Waals surface area contributed by atoms with Crippen molar-refractivity contribution in [1.82, 2.24) is 4.90 Å². The summed E-state index contributed by atoms with van der Waals surface area (Å²) in [6, 6.07) is 19.7. The zero-order valence-corrected chi connectivity index (χ0v) is 14.7. The van der Waals surface area contributed by atoms with Crippen molar-refractivity contribution in [3.63, 3.8) is 0 Å². The third-order valence-corrected chi connectivity index (χ3v) is 6.00. The summed E-state index contributed by atoms with van der Waals surface area (Å²) < 4.78 is 0. The van der Waals surface area contributed by atoms with Crippen molar-refractivity contribution >= 4 is 22.8 Å². The monoisotopic (exact) mass is 348 g/mol. The average Bonchev–Trinajstić information content (AvgIpc) is 3.10. The van der Waals surface area contributed by atoms with Crippen LogP contribution >= 0.6 is 11.8 Å². The Morgan fingerprint density at radius 1 is 1.08 bits per heavy atom. The van der Waals surface area contributed by atoms with E-state index in [9.17, 15) is 4.79 Å². The minimum absolute atomic E-state index is 0.165. The second-order valence-corrected chi connectivity index (χ2v) is 7.58. The molecule has 1 aliphatic carbocycles. The van der Waals surface area contributed by atoms with Gasteiger partial charge in [0.2, 0.25) is 0 Å². The smallest absolute Gasteiger partial charge is 0.279 e. The second kappa shape index (κ2) is 7.28. The summed E-state index contributed by atoms with van der Waals surface area (Å²) in [7, 11) is 0. The number of amidine groups is 1. The highest BCUT2D eigenvalue weighted by Crippen LogP contribution is 2.37. The zero-order valence-electron chi connectivity index (χ0n) is 13.9. The summed E-state index contributed by atoms with van der Waals surface area (Å²) in [6.45, 7) is 1.73. The zero-order chi connectivity index (χ0) is 17.1. The molecule has 2 aromatic carbocycles. The fourth-order valence-electron chi connectivity index (χ4n) is 3.32. The number of nitrogens with zero attached hydrogens (tertiary/aromatic N) is 2. The summed E-state index contributed by atoms with van der Waals surface area (Å²) >= 11 is 1.72. The van der Waals surface area contributed by atoms with Gasteiger partial charge in [-0.3, -0.25) is 4.79 Å². The quantitative estimate of drug-likeness (QED) is 0.772. The van der Waals surface area contributed by atoms with Crippen molar-refractivity contribution in [3.05, 3.63) is 83.9 Å². The molecule has 0 spiro atoms. The van der Waals surface area contributed by atoms with Gasteiger partial charge in [-0.1, -0.05) is 72.4 Å². The number of carbonyl (C=O) groups excluding carboxylic acids is 1. The average molecular weight is 348 g/mol. The van der Waals surface area contributed by atoms with E-state index in [1.807, 2.05) is 36.4 Å². The Labute approximate surface area is 152 Å². The molecule has 2 aliphatic rings. The lowest BCUT2D eigenvalue weighted by atomic mass is 10.1. The third kappa shape index (κ3) is 3.69. The van der Waals surface area contributed by atoms with Crippen LogP contribution in [-0.4, -0.2) is 27.8 Å². The van der Waals surface area contributed by atoms with Crippen LogP contribution in [0.1, 0.15) is 22.3 Å². The number of benzene rings is 2. The first kappa shape index (κ1) is 16.2. The lowest BCUT2D eigenvalue weighted by molar-refractivity contribution is 0.100. The summed E-state index contributed by atoms with van der Waals surface area (Å²) in [5.74, 6) is 0.445. The molecule has 2 aromatic rings. The lowest BCUT2D eigenvalue weighted by Gasteiger charge is -2.36. The highest BCUT2D eigenvalue weighted by Gasteiger charge is 2.34. The molecule has 0 aromatic heterocycles. The Hall–Kier alpha value is -2.33. The standard InChI is InChI=1S/C21H20N2OS/c24-20(17-10-5-2-6-11-17)22-21-23(14-16-8-3-1-4-9-16)15-18-12-7-13-19(18)25-21/h1-11,13,18-19H,12,14-15H2/t18-,19-/m0/s1. The molecule has 4 heteroatoms. The molecule has 126 valence electrons. The molecule has 1 aliphatic heterocycles. The van der Waals surface area contributed by atoms with Crippen LogP contribution in [0.2, 0.25) is 0 Å². The first-order chi connectivity index (χ1) is 12.3. The highest BCUT2D eigenvalue weighted by atomic mass is 32.2. The minimum Gasteiger partial charge on any atom is -0.346 e. The fraction of sp³-hybridized carbons (Fsp3) is 0.238. The molecule has 1 saturated heterocycles. The van der Waals surface area contributed by atoms with Crippen LogP contribution in [0.15, 0.2) is 77.8 Å².